The minimum atomic E-state index is -0.277. The molecule has 6 heteroatoms. The number of nitrogen functional groups attached to an aromatic ring is 1. The molecule has 2 aromatic rings. The van der Waals surface area contributed by atoms with Crippen molar-refractivity contribution in [1.82, 2.24) is 20.5 Å². The van der Waals surface area contributed by atoms with Crippen molar-refractivity contribution in [2.24, 2.45) is 0 Å². The molecule has 2 heterocycles. The summed E-state index contributed by atoms with van der Waals surface area (Å²) in [6.07, 6.45) is 4.54. The van der Waals surface area contributed by atoms with Gasteiger partial charge in [0.2, 0.25) is 0 Å². The number of pyridine rings is 1. The van der Waals surface area contributed by atoms with Crippen LogP contribution in [0.3, 0.4) is 0 Å². The fourth-order valence-corrected chi connectivity index (χ4v) is 1.29. The summed E-state index contributed by atoms with van der Waals surface area (Å²) in [5, 5.41) is 10.3. The minimum Gasteiger partial charge on any atom is -0.398 e. The van der Waals surface area contributed by atoms with Crippen LogP contribution in [0.5, 0.6) is 0 Å². The maximum atomic E-state index is 11.8. The van der Waals surface area contributed by atoms with Crippen molar-refractivity contribution in [3.8, 4) is 0 Å². The van der Waals surface area contributed by atoms with E-state index in [0.717, 1.165) is 0 Å². The van der Waals surface area contributed by atoms with Crippen LogP contribution in [0, 0.1) is 0 Å². The molecule has 0 aliphatic carbocycles. The lowest BCUT2D eigenvalue weighted by Crippen LogP contribution is -2.24. The zero-order valence-electron chi connectivity index (χ0n) is 9.00. The predicted molar refractivity (Wildman–Crippen MR) is 61.9 cm³/mol. The fraction of sp³-hybridized carbons (Fsp3) is 0.0909. The standard InChI is InChI=1S/C11H11N5O/c12-10-3-5-13-7-9(10)11(17)14-6-8-2-1-4-15-16-8/h1-5,7H,6H2,(H2,12,13)(H,14,17). The number of rotatable bonds is 3. The zero-order chi connectivity index (χ0) is 12.1. The van der Waals surface area contributed by atoms with E-state index in [0.29, 0.717) is 23.5 Å². The highest BCUT2D eigenvalue weighted by Crippen LogP contribution is 2.08. The molecule has 0 spiro atoms. The van der Waals surface area contributed by atoms with Gasteiger partial charge in [0.25, 0.3) is 5.91 Å². The number of carbonyl (C=O) groups is 1. The number of nitrogens with two attached hydrogens (primary N) is 1. The quantitative estimate of drug-likeness (QED) is 0.793. The van der Waals surface area contributed by atoms with Crippen molar-refractivity contribution in [2.75, 3.05) is 5.73 Å². The molecule has 17 heavy (non-hydrogen) atoms. The maximum absolute atomic E-state index is 11.8. The lowest BCUT2D eigenvalue weighted by Gasteiger charge is -2.05. The summed E-state index contributed by atoms with van der Waals surface area (Å²) in [5.41, 5.74) is 7.10. The molecule has 6 nitrogen and oxygen atoms in total. The summed E-state index contributed by atoms with van der Waals surface area (Å²) in [7, 11) is 0. The highest BCUT2D eigenvalue weighted by molar-refractivity contribution is 5.98. The molecule has 0 saturated carbocycles. The van der Waals surface area contributed by atoms with Gasteiger partial charge in [0.15, 0.2) is 0 Å². The number of amides is 1. The Morgan fingerprint density at radius 1 is 1.35 bits per heavy atom. The second-order valence-electron chi connectivity index (χ2n) is 3.36. The van der Waals surface area contributed by atoms with Gasteiger partial charge >= 0.3 is 0 Å². The normalized spacial score (nSPS) is 9.88. The number of anilines is 1. The molecule has 86 valence electrons. The second kappa shape index (κ2) is 5.02. The van der Waals surface area contributed by atoms with E-state index in [9.17, 15) is 4.79 Å². The van der Waals surface area contributed by atoms with Gasteiger partial charge in [-0.15, -0.1) is 0 Å². The average molecular weight is 229 g/mol. The molecule has 0 atom stereocenters. The molecule has 0 radical (unpaired) electrons. The average Bonchev–Trinajstić information content (AvgIpc) is 2.38. The van der Waals surface area contributed by atoms with Gasteiger partial charge in [0.1, 0.15) is 0 Å². The van der Waals surface area contributed by atoms with Gasteiger partial charge in [-0.1, -0.05) is 0 Å². The van der Waals surface area contributed by atoms with E-state index < -0.39 is 0 Å². The first-order valence-corrected chi connectivity index (χ1v) is 5.01. The number of nitrogens with one attached hydrogen (secondary N) is 1. The Labute approximate surface area is 97.9 Å². The molecule has 2 aromatic heterocycles. The van der Waals surface area contributed by atoms with Gasteiger partial charge in [0, 0.05) is 24.3 Å². The largest absolute Gasteiger partial charge is 0.398 e. The van der Waals surface area contributed by atoms with Crippen molar-refractivity contribution in [2.45, 2.75) is 6.54 Å². The number of carbonyl (C=O) groups excluding carboxylic acids is 1. The molecular formula is C11H11N5O. The molecule has 0 unspecified atom stereocenters. The molecular weight excluding hydrogens is 218 g/mol. The third-order valence-electron chi connectivity index (χ3n) is 2.16. The van der Waals surface area contributed by atoms with Crippen LogP contribution >= 0.6 is 0 Å². The van der Waals surface area contributed by atoms with Crippen LogP contribution in [0.4, 0.5) is 5.69 Å². The first-order chi connectivity index (χ1) is 8.27. The van der Waals surface area contributed by atoms with Gasteiger partial charge in [-0.2, -0.15) is 10.2 Å². The SMILES string of the molecule is Nc1ccncc1C(=O)NCc1cccnn1. The van der Waals surface area contributed by atoms with Crippen LogP contribution in [0.1, 0.15) is 16.1 Å². The van der Waals surface area contributed by atoms with Crippen molar-refractivity contribution in [3.05, 3.63) is 48.0 Å². The van der Waals surface area contributed by atoms with E-state index in [1.165, 1.54) is 12.4 Å². The lowest BCUT2D eigenvalue weighted by molar-refractivity contribution is 0.0951. The molecule has 1 amide bonds. The smallest absolute Gasteiger partial charge is 0.255 e. The van der Waals surface area contributed by atoms with Gasteiger partial charge in [-0.3, -0.25) is 9.78 Å². The number of nitrogens with zero attached hydrogens (tertiary/aromatic N) is 3. The predicted octanol–water partition coefficient (Wildman–Crippen LogP) is 0.384. The van der Waals surface area contributed by atoms with E-state index in [2.05, 4.69) is 20.5 Å². The Balaban J connectivity index is 2.01. The lowest BCUT2D eigenvalue weighted by atomic mass is 10.2. The van der Waals surface area contributed by atoms with Crippen molar-refractivity contribution in [1.29, 1.82) is 0 Å². The summed E-state index contributed by atoms with van der Waals surface area (Å²) in [5.74, 6) is -0.277. The third-order valence-corrected chi connectivity index (χ3v) is 2.16. The Morgan fingerprint density at radius 2 is 2.24 bits per heavy atom. The van der Waals surface area contributed by atoms with E-state index in [1.807, 2.05) is 0 Å². The molecule has 3 N–H and O–H groups in total. The highest BCUT2D eigenvalue weighted by atomic mass is 16.1. The summed E-state index contributed by atoms with van der Waals surface area (Å²) < 4.78 is 0. The maximum Gasteiger partial charge on any atom is 0.255 e. The monoisotopic (exact) mass is 229 g/mol. The second-order valence-corrected chi connectivity index (χ2v) is 3.36. The summed E-state index contributed by atoms with van der Waals surface area (Å²) >= 11 is 0. The zero-order valence-corrected chi connectivity index (χ0v) is 9.00. The Kier molecular flexibility index (Phi) is 3.25. The first kappa shape index (κ1) is 11.0. The molecule has 0 aliphatic heterocycles. The number of aromatic nitrogens is 3. The molecule has 0 aromatic carbocycles. The molecule has 0 aliphatic rings. The van der Waals surface area contributed by atoms with Crippen LogP contribution < -0.4 is 11.1 Å². The Hall–Kier alpha value is -2.50. The van der Waals surface area contributed by atoms with Gasteiger partial charge in [-0.05, 0) is 18.2 Å². The summed E-state index contributed by atoms with van der Waals surface area (Å²) in [6.45, 7) is 0.307. The van der Waals surface area contributed by atoms with Crippen molar-refractivity contribution >= 4 is 11.6 Å². The highest BCUT2D eigenvalue weighted by Gasteiger charge is 2.09. The molecule has 2 rings (SSSR count). The summed E-state index contributed by atoms with van der Waals surface area (Å²) in [6, 6.07) is 5.12. The topological polar surface area (TPSA) is 93.8 Å². The molecule has 0 saturated heterocycles. The Bertz CT molecular complexity index is 514. The van der Waals surface area contributed by atoms with E-state index in [-0.39, 0.29) is 5.91 Å². The van der Waals surface area contributed by atoms with Gasteiger partial charge in [0.05, 0.1) is 17.8 Å². The first-order valence-electron chi connectivity index (χ1n) is 5.01. The van der Waals surface area contributed by atoms with Gasteiger partial charge < -0.3 is 11.1 Å². The molecule has 0 bridgehead atoms. The van der Waals surface area contributed by atoms with Crippen molar-refractivity contribution < 1.29 is 4.79 Å². The number of hydrogen-bond acceptors (Lipinski definition) is 5. The van der Waals surface area contributed by atoms with Crippen LogP contribution in [0.15, 0.2) is 36.8 Å². The van der Waals surface area contributed by atoms with Crippen LogP contribution in [0.25, 0.3) is 0 Å². The van der Waals surface area contributed by atoms with Crippen molar-refractivity contribution in [3.63, 3.8) is 0 Å². The number of hydrogen-bond donors (Lipinski definition) is 2. The molecule has 0 fully saturated rings. The summed E-state index contributed by atoms with van der Waals surface area (Å²) in [4.78, 5) is 15.6. The Morgan fingerprint density at radius 3 is 2.94 bits per heavy atom. The van der Waals surface area contributed by atoms with Gasteiger partial charge in [-0.25, -0.2) is 0 Å². The van der Waals surface area contributed by atoms with E-state index in [4.69, 9.17) is 5.73 Å². The van der Waals surface area contributed by atoms with E-state index in [1.54, 1.807) is 24.4 Å². The van der Waals surface area contributed by atoms with Crippen LogP contribution in [-0.4, -0.2) is 21.1 Å². The van der Waals surface area contributed by atoms with Crippen LogP contribution in [0.2, 0.25) is 0 Å². The third kappa shape index (κ3) is 2.75. The minimum absolute atomic E-state index is 0.277. The fourth-order valence-electron chi connectivity index (χ4n) is 1.29. The van der Waals surface area contributed by atoms with E-state index >= 15 is 0 Å². The van der Waals surface area contributed by atoms with Crippen LogP contribution in [-0.2, 0) is 6.54 Å².